The number of ether oxygens (including phenoxy) is 3. The number of rotatable bonds is 10. The van der Waals surface area contributed by atoms with Crippen LogP contribution in [0.5, 0.6) is 0 Å². The number of hydrogen-bond acceptors (Lipinski definition) is 4. The van der Waals surface area contributed by atoms with E-state index in [2.05, 4.69) is 26.1 Å². The fraction of sp³-hybridized carbons (Fsp3) is 1.00. The van der Waals surface area contributed by atoms with Crippen LogP contribution in [0.4, 0.5) is 0 Å². The van der Waals surface area contributed by atoms with E-state index in [-0.39, 0.29) is 5.60 Å². The maximum absolute atomic E-state index is 5.38. The zero-order chi connectivity index (χ0) is 12.4. The molecule has 1 N–H and O–H groups in total. The van der Waals surface area contributed by atoms with Crippen LogP contribution in [0.1, 0.15) is 27.2 Å². The second-order valence-corrected chi connectivity index (χ2v) is 4.63. The summed E-state index contributed by atoms with van der Waals surface area (Å²) in [5.41, 5.74) is -0.0661. The molecule has 0 aromatic rings. The normalized spacial score (nSPS) is 14.1. The smallest absolute Gasteiger partial charge is 0.0700 e. The van der Waals surface area contributed by atoms with E-state index in [1.165, 1.54) is 0 Å². The molecule has 4 heteroatoms. The van der Waals surface area contributed by atoms with Gasteiger partial charge in [0, 0.05) is 26.8 Å². The second-order valence-electron chi connectivity index (χ2n) is 4.63. The minimum atomic E-state index is -0.0661. The van der Waals surface area contributed by atoms with Crippen molar-refractivity contribution in [2.45, 2.75) is 38.8 Å². The zero-order valence-corrected chi connectivity index (χ0v) is 11.3. The first-order chi connectivity index (χ1) is 7.52. The van der Waals surface area contributed by atoms with E-state index in [0.717, 1.165) is 19.6 Å². The Kier molecular flexibility index (Phi) is 8.84. The molecular formula is C12H27NO3. The van der Waals surface area contributed by atoms with Crippen LogP contribution in [-0.4, -0.2) is 52.2 Å². The minimum absolute atomic E-state index is 0.0661. The first kappa shape index (κ1) is 15.8. The van der Waals surface area contributed by atoms with Crippen molar-refractivity contribution in [3.63, 3.8) is 0 Å². The molecule has 16 heavy (non-hydrogen) atoms. The number of nitrogens with one attached hydrogen (secondary N) is 1. The first-order valence-electron chi connectivity index (χ1n) is 5.87. The largest absolute Gasteiger partial charge is 0.382 e. The molecule has 0 spiro atoms. The van der Waals surface area contributed by atoms with Gasteiger partial charge in [0.1, 0.15) is 0 Å². The highest BCUT2D eigenvalue weighted by Crippen LogP contribution is 2.14. The highest BCUT2D eigenvalue weighted by molar-refractivity contribution is 4.75. The van der Waals surface area contributed by atoms with Crippen molar-refractivity contribution in [2.75, 3.05) is 40.6 Å². The van der Waals surface area contributed by atoms with E-state index < -0.39 is 0 Å². The Morgan fingerprint density at radius 2 is 1.81 bits per heavy atom. The van der Waals surface area contributed by atoms with Crippen molar-refractivity contribution in [1.82, 2.24) is 5.32 Å². The van der Waals surface area contributed by atoms with E-state index in [4.69, 9.17) is 14.2 Å². The van der Waals surface area contributed by atoms with Gasteiger partial charge in [0.25, 0.3) is 0 Å². The summed E-state index contributed by atoms with van der Waals surface area (Å²) in [6.07, 6.45) is 0.988. The van der Waals surface area contributed by atoms with Crippen LogP contribution in [0.2, 0.25) is 0 Å². The van der Waals surface area contributed by atoms with Crippen LogP contribution in [0.3, 0.4) is 0 Å². The van der Waals surface area contributed by atoms with Gasteiger partial charge in [-0.25, -0.2) is 0 Å². The van der Waals surface area contributed by atoms with E-state index in [1.54, 1.807) is 14.2 Å². The predicted molar refractivity (Wildman–Crippen MR) is 65.9 cm³/mol. The maximum atomic E-state index is 5.38. The van der Waals surface area contributed by atoms with Crippen LogP contribution in [0.25, 0.3) is 0 Å². The molecule has 0 radical (unpaired) electrons. The van der Waals surface area contributed by atoms with Crippen molar-refractivity contribution in [1.29, 1.82) is 0 Å². The zero-order valence-electron chi connectivity index (χ0n) is 11.3. The molecule has 0 heterocycles. The molecule has 4 nitrogen and oxygen atoms in total. The van der Waals surface area contributed by atoms with E-state index in [1.807, 2.05) is 0 Å². The van der Waals surface area contributed by atoms with Crippen LogP contribution < -0.4 is 5.32 Å². The Hall–Kier alpha value is -0.160. The Morgan fingerprint density at radius 1 is 1.12 bits per heavy atom. The summed E-state index contributed by atoms with van der Waals surface area (Å²) in [7, 11) is 3.43. The molecule has 0 aromatic carbocycles. The van der Waals surface area contributed by atoms with Gasteiger partial charge in [-0.05, 0) is 27.2 Å². The van der Waals surface area contributed by atoms with Gasteiger partial charge in [-0.1, -0.05) is 0 Å². The summed E-state index contributed by atoms with van der Waals surface area (Å²) in [5.74, 6) is 0. The third-order valence-corrected chi connectivity index (χ3v) is 2.52. The molecule has 0 rings (SSSR count). The molecule has 0 aromatic heterocycles. The number of methoxy groups -OCH3 is 2. The highest BCUT2D eigenvalue weighted by atomic mass is 16.5. The summed E-state index contributed by atoms with van der Waals surface area (Å²) in [6.45, 7) is 9.27. The van der Waals surface area contributed by atoms with Gasteiger partial charge in [-0.3, -0.25) is 0 Å². The molecule has 1 unspecified atom stereocenters. The molecule has 0 aliphatic carbocycles. The van der Waals surface area contributed by atoms with Crippen molar-refractivity contribution < 1.29 is 14.2 Å². The minimum Gasteiger partial charge on any atom is -0.382 e. The fourth-order valence-corrected chi connectivity index (χ4v) is 1.51. The number of hydrogen-bond donors (Lipinski definition) is 1. The van der Waals surface area contributed by atoms with Gasteiger partial charge in [-0.2, -0.15) is 0 Å². The lowest BCUT2D eigenvalue weighted by Gasteiger charge is -2.27. The van der Waals surface area contributed by atoms with Crippen LogP contribution in [0.15, 0.2) is 0 Å². The molecule has 0 fully saturated rings. The topological polar surface area (TPSA) is 39.7 Å². The van der Waals surface area contributed by atoms with E-state index in [0.29, 0.717) is 19.3 Å². The first-order valence-corrected chi connectivity index (χ1v) is 5.87. The van der Waals surface area contributed by atoms with Gasteiger partial charge in [0.05, 0.1) is 25.4 Å². The van der Waals surface area contributed by atoms with Gasteiger partial charge in [0.15, 0.2) is 0 Å². The SMILES string of the molecule is COCCOCCNC(C)CC(C)(C)OC. The Labute approximate surface area is 99.6 Å². The molecule has 0 amide bonds. The highest BCUT2D eigenvalue weighted by Gasteiger charge is 2.19. The summed E-state index contributed by atoms with van der Waals surface area (Å²) in [5, 5.41) is 3.40. The fourth-order valence-electron chi connectivity index (χ4n) is 1.51. The maximum Gasteiger partial charge on any atom is 0.0700 e. The molecule has 0 bridgehead atoms. The Bertz CT molecular complexity index is 162. The molecule has 0 saturated heterocycles. The standard InChI is InChI=1S/C12H27NO3/c1-11(10-12(2,3)15-5)13-6-7-16-9-8-14-4/h11,13H,6-10H2,1-5H3. The summed E-state index contributed by atoms with van der Waals surface area (Å²) in [6, 6.07) is 0.431. The lowest BCUT2D eigenvalue weighted by Crippen LogP contribution is -2.37. The Morgan fingerprint density at radius 3 is 2.38 bits per heavy atom. The van der Waals surface area contributed by atoms with Crippen LogP contribution in [-0.2, 0) is 14.2 Å². The summed E-state index contributed by atoms with van der Waals surface area (Å²) >= 11 is 0. The third kappa shape index (κ3) is 9.09. The van der Waals surface area contributed by atoms with Crippen molar-refractivity contribution in [3.05, 3.63) is 0 Å². The van der Waals surface area contributed by atoms with E-state index in [9.17, 15) is 0 Å². The molecule has 0 saturated carbocycles. The molecule has 98 valence electrons. The lowest BCUT2D eigenvalue weighted by atomic mass is 10.00. The van der Waals surface area contributed by atoms with Crippen molar-refractivity contribution in [3.8, 4) is 0 Å². The molecule has 0 aliphatic rings. The van der Waals surface area contributed by atoms with Gasteiger partial charge in [-0.15, -0.1) is 0 Å². The van der Waals surface area contributed by atoms with Gasteiger partial charge >= 0.3 is 0 Å². The van der Waals surface area contributed by atoms with Crippen LogP contribution >= 0.6 is 0 Å². The second kappa shape index (κ2) is 8.93. The molecular weight excluding hydrogens is 206 g/mol. The monoisotopic (exact) mass is 233 g/mol. The van der Waals surface area contributed by atoms with Gasteiger partial charge in [0.2, 0.25) is 0 Å². The average Bonchev–Trinajstić information content (AvgIpc) is 2.22. The predicted octanol–water partition coefficient (Wildman–Crippen LogP) is 1.44. The summed E-state index contributed by atoms with van der Waals surface area (Å²) in [4.78, 5) is 0. The summed E-state index contributed by atoms with van der Waals surface area (Å²) < 4.78 is 15.6. The van der Waals surface area contributed by atoms with Crippen LogP contribution in [0, 0.1) is 0 Å². The van der Waals surface area contributed by atoms with E-state index >= 15 is 0 Å². The molecule has 0 aliphatic heterocycles. The molecule has 1 atom stereocenters. The van der Waals surface area contributed by atoms with Crippen molar-refractivity contribution in [2.24, 2.45) is 0 Å². The quantitative estimate of drug-likeness (QED) is 0.580. The third-order valence-electron chi connectivity index (χ3n) is 2.52. The Balaban J connectivity index is 3.40. The average molecular weight is 233 g/mol. The lowest BCUT2D eigenvalue weighted by molar-refractivity contribution is 0.00755. The van der Waals surface area contributed by atoms with Gasteiger partial charge < -0.3 is 19.5 Å². The van der Waals surface area contributed by atoms with Crippen molar-refractivity contribution >= 4 is 0 Å².